The molecule has 2 aromatic heterocycles. The Morgan fingerprint density at radius 3 is 2.48 bits per heavy atom. The van der Waals surface area contributed by atoms with Gasteiger partial charge in [-0.3, -0.25) is 9.48 Å². The first-order valence-electron chi connectivity index (χ1n) is 8.54. The molecular weight excluding hydrogens is 340 g/mol. The smallest absolute Gasteiger partial charge is 0.257 e. The van der Waals surface area contributed by atoms with E-state index in [1.54, 1.807) is 23.0 Å². The zero-order valence-electron chi connectivity index (χ0n) is 15.0. The number of hydrogen-bond acceptors (Lipinski definition) is 4. The van der Waals surface area contributed by atoms with Crippen LogP contribution in [0.15, 0.2) is 66.9 Å². The van der Waals surface area contributed by atoms with Gasteiger partial charge in [-0.25, -0.2) is 4.98 Å². The van der Waals surface area contributed by atoms with Gasteiger partial charge >= 0.3 is 0 Å². The van der Waals surface area contributed by atoms with Crippen molar-refractivity contribution in [3.8, 4) is 11.5 Å². The number of aromatic nitrogens is 3. The van der Waals surface area contributed by atoms with Crippen LogP contribution in [0.1, 0.15) is 16.1 Å². The number of nitrogens with zero attached hydrogens (tertiary/aromatic N) is 3. The van der Waals surface area contributed by atoms with Crippen LogP contribution in [0.4, 0.5) is 5.69 Å². The minimum absolute atomic E-state index is 0.218. The third-order valence-corrected chi connectivity index (χ3v) is 4.22. The van der Waals surface area contributed by atoms with Crippen molar-refractivity contribution in [2.45, 2.75) is 6.92 Å². The maximum atomic E-state index is 12.5. The first-order valence-corrected chi connectivity index (χ1v) is 8.54. The monoisotopic (exact) mass is 358 g/mol. The molecule has 0 bridgehead atoms. The molecule has 0 spiro atoms. The summed E-state index contributed by atoms with van der Waals surface area (Å²) in [6.45, 7) is 1.90. The fourth-order valence-corrected chi connectivity index (χ4v) is 2.87. The van der Waals surface area contributed by atoms with Crippen molar-refractivity contribution < 1.29 is 9.53 Å². The number of ether oxygens (including phenoxy) is 1. The van der Waals surface area contributed by atoms with Crippen molar-refractivity contribution in [1.82, 2.24) is 14.8 Å². The summed E-state index contributed by atoms with van der Waals surface area (Å²) in [6, 6.07) is 18.6. The number of nitrogens with one attached hydrogen (secondary N) is 1. The van der Waals surface area contributed by atoms with E-state index in [4.69, 9.17) is 4.74 Å². The molecule has 0 aliphatic rings. The molecule has 0 unspecified atom stereocenters. The summed E-state index contributed by atoms with van der Waals surface area (Å²) in [4.78, 5) is 16.9. The topological polar surface area (TPSA) is 69.0 Å². The molecule has 6 nitrogen and oxygen atoms in total. The molecule has 0 saturated heterocycles. The quantitative estimate of drug-likeness (QED) is 0.590. The number of carbonyl (C=O) groups excluding carboxylic acids is 1. The third-order valence-electron chi connectivity index (χ3n) is 4.22. The van der Waals surface area contributed by atoms with Crippen molar-refractivity contribution in [2.24, 2.45) is 7.05 Å². The van der Waals surface area contributed by atoms with E-state index >= 15 is 0 Å². The summed E-state index contributed by atoms with van der Waals surface area (Å²) >= 11 is 0. The molecule has 0 aliphatic heterocycles. The number of fused-ring (bicyclic) bond motifs is 1. The molecule has 134 valence electrons. The normalized spacial score (nSPS) is 10.7. The number of hydrogen-bond donors (Lipinski definition) is 1. The van der Waals surface area contributed by atoms with E-state index in [9.17, 15) is 4.79 Å². The fraction of sp³-hybridized carbons (Fsp3) is 0.0952. The zero-order valence-corrected chi connectivity index (χ0v) is 15.0. The van der Waals surface area contributed by atoms with Gasteiger partial charge in [-0.15, -0.1) is 0 Å². The Kier molecular flexibility index (Phi) is 4.30. The maximum absolute atomic E-state index is 12.5. The van der Waals surface area contributed by atoms with Crippen molar-refractivity contribution in [3.63, 3.8) is 0 Å². The largest absolute Gasteiger partial charge is 0.457 e. The van der Waals surface area contributed by atoms with E-state index in [0.29, 0.717) is 17.0 Å². The molecule has 6 heteroatoms. The summed E-state index contributed by atoms with van der Waals surface area (Å²) in [5, 5.41) is 8.08. The molecule has 0 aliphatic carbocycles. The van der Waals surface area contributed by atoms with Crippen LogP contribution in [0.3, 0.4) is 0 Å². The Bertz CT molecular complexity index is 1100. The van der Waals surface area contributed by atoms with Crippen LogP contribution in [0, 0.1) is 6.92 Å². The lowest BCUT2D eigenvalue weighted by atomic mass is 10.2. The van der Waals surface area contributed by atoms with E-state index in [2.05, 4.69) is 15.4 Å². The van der Waals surface area contributed by atoms with Crippen LogP contribution in [0.2, 0.25) is 0 Å². The molecule has 0 atom stereocenters. The molecule has 2 aromatic carbocycles. The summed E-state index contributed by atoms with van der Waals surface area (Å²) in [6.07, 6.45) is 1.56. The minimum atomic E-state index is -0.218. The lowest BCUT2D eigenvalue weighted by Gasteiger charge is -2.08. The van der Waals surface area contributed by atoms with Gasteiger partial charge in [-0.2, -0.15) is 5.10 Å². The number of carbonyl (C=O) groups is 1. The SMILES string of the molecule is Cc1nn(C)c2ncc(C(=O)Nc3ccc(Oc4ccccc4)cc3)cc12. The predicted octanol–water partition coefficient (Wildman–Crippen LogP) is 4.32. The van der Waals surface area contributed by atoms with E-state index in [1.807, 2.05) is 62.5 Å². The highest BCUT2D eigenvalue weighted by molar-refractivity contribution is 6.05. The Hall–Kier alpha value is -3.67. The van der Waals surface area contributed by atoms with Gasteiger partial charge in [0.25, 0.3) is 5.91 Å². The standard InChI is InChI=1S/C21H18N4O2/c1-14-19-12-15(13-22-20(19)25(2)24-14)21(26)23-16-8-10-18(11-9-16)27-17-6-4-3-5-7-17/h3-13H,1-2H3,(H,23,26). The Balaban J connectivity index is 1.48. The van der Waals surface area contributed by atoms with Crippen LogP contribution < -0.4 is 10.1 Å². The number of anilines is 1. The van der Waals surface area contributed by atoms with Crippen LogP contribution in [0.25, 0.3) is 11.0 Å². The number of para-hydroxylation sites is 1. The van der Waals surface area contributed by atoms with E-state index < -0.39 is 0 Å². The van der Waals surface area contributed by atoms with Crippen LogP contribution in [-0.4, -0.2) is 20.7 Å². The number of aryl methyl sites for hydroxylation is 2. The lowest BCUT2D eigenvalue weighted by molar-refractivity contribution is 0.102. The minimum Gasteiger partial charge on any atom is -0.457 e. The highest BCUT2D eigenvalue weighted by Crippen LogP contribution is 2.23. The van der Waals surface area contributed by atoms with E-state index in [-0.39, 0.29) is 5.91 Å². The highest BCUT2D eigenvalue weighted by Gasteiger charge is 2.12. The van der Waals surface area contributed by atoms with Crippen molar-refractivity contribution in [1.29, 1.82) is 0 Å². The molecule has 1 amide bonds. The second kappa shape index (κ2) is 6.92. The maximum Gasteiger partial charge on any atom is 0.257 e. The number of rotatable bonds is 4. The van der Waals surface area contributed by atoms with Gasteiger partial charge in [0.15, 0.2) is 5.65 Å². The second-order valence-electron chi connectivity index (χ2n) is 6.20. The van der Waals surface area contributed by atoms with Crippen molar-refractivity contribution in [2.75, 3.05) is 5.32 Å². The van der Waals surface area contributed by atoms with Gasteiger partial charge < -0.3 is 10.1 Å². The lowest BCUT2D eigenvalue weighted by Crippen LogP contribution is -2.12. The molecule has 4 aromatic rings. The summed E-state index contributed by atoms with van der Waals surface area (Å²) in [5.41, 5.74) is 2.77. The molecule has 4 rings (SSSR count). The molecule has 0 saturated carbocycles. The number of amides is 1. The van der Waals surface area contributed by atoms with Gasteiger partial charge in [0.2, 0.25) is 0 Å². The Labute approximate surface area is 156 Å². The average Bonchev–Trinajstić information content (AvgIpc) is 2.97. The van der Waals surface area contributed by atoms with Crippen molar-refractivity contribution in [3.05, 3.63) is 78.1 Å². The Morgan fingerprint density at radius 1 is 1.04 bits per heavy atom. The second-order valence-corrected chi connectivity index (χ2v) is 6.20. The zero-order chi connectivity index (χ0) is 18.8. The van der Waals surface area contributed by atoms with Crippen LogP contribution in [-0.2, 0) is 7.05 Å². The number of benzene rings is 2. The van der Waals surface area contributed by atoms with Gasteiger partial charge in [0, 0.05) is 24.3 Å². The summed E-state index contributed by atoms with van der Waals surface area (Å²) in [7, 11) is 1.83. The van der Waals surface area contributed by atoms with Crippen LogP contribution in [0.5, 0.6) is 11.5 Å². The van der Waals surface area contributed by atoms with Gasteiger partial charge in [0.05, 0.1) is 11.3 Å². The molecule has 0 fully saturated rings. The molecule has 27 heavy (non-hydrogen) atoms. The number of pyridine rings is 1. The predicted molar refractivity (Wildman–Crippen MR) is 104 cm³/mol. The molecular formula is C21H18N4O2. The van der Waals surface area contributed by atoms with Gasteiger partial charge in [0.1, 0.15) is 11.5 Å². The van der Waals surface area contributed by atoms with Gasteiger partial charge in [-0.1, -0.05) is 18.2 Å². The molecule has 1 N–H and O–H groups in total. The third kappa shape index (κ3) is 3.50. The molecule has 2 heterocycles. The summed E-state index contributed by atoms with van der Waals surface area (Å²) < 4.78 is 7.46. The first kappa shape index (κ1) is 16.8. The first-order chi connectivity index (χ1) is 13.1. The molecule has 0 radical (unpaired) electrons. The Morgan fingerprint density at radius 2 is 1.74 bits per heavy atom. The van der Waals surface area contributed by atoms with Crippen molar-refractivity contribution >= 4 is 22.6 Å². The fourth-order valence-electron chi connectivity index (χ4n) is 2.87. The van der Waals surface area contributed by atoms with Gasteiger partial charge in [-0.05, 0) is 49.4 Å². The average molecular weight is 358 g/mol. The summed E-state index contributed by atoms with van der Waals surface area (Å²) in [5.74, 6) is 1.25. The van der Waals surface area contributed by atoms with E-state index in [0.717, 1.165) is 22.5 Å². The highest BCUT2D eigenvalue weighted by atomic mass is 16.5. The van der Waals surface area contributed by atoms with E-state index in [1.165, 1.54) is 0 Å². The van der Waals surface area contributed by atoms with Crippen LogP contribution >= 0.6 is 0 Å².